The van der Waals surface area contributed by atoms with Gasteiger partial charge in [-0.15, -0.1) is 0 Å². The molecule has 1 unspecified atom stereocenters. The second-order valence-corrected chi connectivity index (χ2v) is 5.89. The molecule has 2 aromatic carbocycles. The lowest BCUT2D eigenvalue weighted by atomic mass is 9.98. The number of hydrogen-bond donors (Lipinski definition) is 1. The van der Waals surface area contributed by atoms with Crippen LogP contribution in [0.2, 0.25) is 15.1 Å². The van der Waals surface area contributed by atoms with Crippen LogP contribution < -0.4 is 5.32 Å². The minimum absolute atomic E-state index is 0.306. The van der Waals surface area contributed by atoms with Crippen LogP contribution in [-0.2, 0) is 0 Å². The Morgan fingerprint density at radius 1 is 1.05 bits per heavy atom. The maximum atomic E-state index is 13.6. The van der Waals surface area contributed by atoms with Gasteiger partial charge in [-0.1, -0.05) is 53.9 Å². The summed E-state index contributed by atoms with van der Waals surface area (Å²) in [6.07, 6.45) is 0.932. The van der Waals surface area contributed by atoms with Gasteiger partial charge >= 0.3 is 0 Å². The highest BCUT2D eigenvalue weighted by molar-refractivity contribution is 6.42. The fourth-order valence-corrected chi connectivity index (χ4v) is 2.80. The summed E-state index contributed by atoms with van der Waals surface area (Å²) in [6, 6.07) is 9.40. The first-order chi connectivity index (χ1) is 10.0. The van der Waals surface area contributed by atoms with Gasteiger partial charge < -0.3 is 5.32 Å². The number of benzene rings is 2. The first kappa shape index (κ1) is 16.6. The van der Waals surface area contributed by atoms with Crippen molar-refractivity contribution < 1.29 is 4.39 Å². The molecule has 1 atom stereocenters. The summed E-state index contributed by atoms with van der Waals surface area (Å²) >= 11 is 18.6. The molecule has 0 aromatic heterocycles. The van der Waals surface area contributed by atoms with Crippen molar-refractivity contribution in [3.8, 4) is 0 Å². The van der Waals surface area contributed by atoms with Crippen LogP contribution in [0.3, 0.4) is 0 Å². The standard InChI is InChI=1S/C16H15Cl3FN/c1-2-8-21-16(11-4-3-5-14(18)15(11)19)12-9-10(20)6-7-13(12)17/h3-7,9,16,21H,2,8H2,1H3. The van der Waals surface area contributed by atoms with Crippen molar-refractivity contribution in [2.75, 3.05) is 6.54 Å². The van der Waals surface area contributed by atoms with E-state index in [1.54, 1.807) is 12.1 Å². The molecule has 0 aliphatic carbocycles. The van der Waals surface area contributed by atoms with Crippen LogP contribution in [0.5, 0.6) is 0 Å². The van der Waals surface area contributed by atoms with Gasteiger partial charge in [0.2, 0.25) is 0 Å². The second-order valence-electron chi connectivity index (χ2n) is 4.70. The quantitative estimate of drug-likeness (QED) is 0.713. The lowest BCUT2D eigenvalue weighted by molar-refractivity contribution is 0.586. The highest BCUT2D eigenvalue weighted by Gasteiger charge is 2.20. The third-order valence-corrected chi connectivity index (χ3v) is 4.34. The van der Waals surface area contributed by atoms with Crippen molar-refractivity contribution in [2.24, 2.45) is 0 Å². The van der Waals surface area contributed by atoms with Gasteiger partial charge in [0.25, 0.3) is 0 Å². The normalized spacial score (nSPS) is 12.4. The highest BCUT2D eigenvalue weighted by atomic mass is 35.5. The summed E-state index contributed by atoms with van der Waals surface area (Å²) in [6.45, 7) is 2.80. The molecular weight excluding hydrogens is 332 g/mol. The Hall–Kier alpha value is -0.800. The molecule has 2 aromatic rings. The molecule has 1 nitrogen and oxygen atoms in total. The molecule has 112 valence electrons. The van der Waals surface area contributed by atoms with Gasteiger partial charge in [-0.2, -0.15) is 0 Å². The van der Waals surface area contributed by atoms with Crippen LogP contribution in [0.4, 0.5) is 4.39 Å². The highest BCUT2D eigenvalue weighted by Crippen LogP contribution is 2.35. The Morgan fingerprint density at radius 3 is 2.52 bits per heavy atom. The fourth-order valence-electron chi connectivity index (χ4n) is 2.16. The summed E-state index contributed by atoms with van der Waals surface area (Å²) in [5, 5.41) is 4.75. The maximum Gasteiger partial charge on any atom is 0.123 e. The molecule has 5 heteroatoms. The predicted octanol–water partition coefficient (Wildman–Crippen LogP) is 5.87. The number of rotatable bonds is 5. The summed E-state index contributed by atoms with van der Waals surface area (Å²) in [4.78, 5) is 0. The van der Waals surface area contributed by atoms with Crippen LogP contribution in [0.15, 0.2) is 36.4 Å². The van der Waals surface area contributed by atoms with Gasteiger partial charge in [0.15, 0.2) is 0 Å². The minimum Gasteiger partial charge on any atom is -0.306 e. The average molecular weight is 347 g/mol. The van der Waals surface area contributed by atoms with E-state index < -0.39 is 0 Å². The van der Waals surface area contributed by atoms with E-state index >= 15 is 0 Å². The Labute approximate surface area is 139 Å². The van der Waals surface area contributed by atoms with E-state index in [2.05, 4.69) is 12.2 Å². The second kappa shape index (κ2) is 7.46. The van der Waals surface area contributed by atoms with Crippen LogP contribution in [0.25, 0.3) is 0 Å². The van der Waals surface area contributed by atoms with Gasteiger partial charge in [-0.25, -0.2) is 4.39 Å². The van der Waals surface area contributed by atoms with Crippen molar-refractivity contribution in [3.05, 3.63) is 68.4 Å². The van der Waals surface area contributed by atoms with Crippen molar-refractivity contribution in [2.45, 2.75) is 19.4 Å². The first-order valence-electron chi connectivity index (χ1n) is 6.66. The first-order valence-corrected chi connectivity index (χ1v) is 7.80. The monoisotopic (exact) mass is 345 g/mol. The van der Waals surface area contributed by atoms with Crippen LogP contribution in [0, 0.1) is 5.82 Å². The van der Waals surface area contributed by atoms with E-state index in [9.17, 15) is 4.39 Å². The van der Waals surface area contributed by atoms with E-state index in [4.69, 9.17) is 34.8 Å². The van der Waals surface area contributed by atoms with Crippen LogP contribution in [0.1, 0.15) is 30.5 Å². The third kappa shape index (κ3) is 3.89. The Kier molecular flexibility index (Phi) is 5.88. The molecule has 0 saturated carbocycles. The summed E-state index contributed by atoms with van der Waals surface area (Å²) in [7, 11) is 0. The van der Waals surface area contributed by atoms with E-state index in [0.29, 0.717) is 20.6 Å². The van der Waals surface area contributed by atoms with Crippen LogP contribution >= 0.6 is 34.8 Å². The molecule has 0 aliphatic rings. The number of halogens is 4. The zero-order chi connectivity index (χ0) is 15.4. The predicted molar refractivity (Wildman–Crippen MR) is 88.0 cm³/mol. The van der Waals surface area contributed by atoms with Crippen molar-refractivity contribution in [1.82, 2.24) is 5.32 Å². The van der Waals surface area contributed by atoms with E-state index in [1.807, 2.05) is 12.1 Å². The third-order valence-electron chi connectivity index (χ3n) is 3.16. The van der Waals surface area contributed by atoms with Gasteiger partial charge in [-0.05, 0) is 48.4 Å². The molecule has 0 bridgehead atoms. The zero-order valence-electron chi connectivity index (χ0n) is 11.5. The van der Waals surface area contributed by atoms with E-state index in [1.165, 1.54) is 12.1 Å². The Bertz CT molecular complexity index is 629. The molecule has 0 heterocycles. The molecular formula is C16H15Cl3FN. The van der Waals surface area contributed by atoms with E-state index in [0.717, 1.165) is 18.5 Å². The molecule has 0 aliphatic heterocycles. The molecule has 1 N–H and O–H groups in total. The minimum atomic E-state index is -0.337. The van der Waals surface area contributed by atoms with Gasteiger partial charge in [0, 0.05) is 5.02 Å². The Balaban J connectivity index is 2.52. The smallest absolute Gasteiger partial charge is 0.123 e. The van der Waals surface area contributed by atoms with Gasteiger partial charge in [0.05, 0.1) is 16.1 Å². The molecule has 0 saturated heterocycles. The Morgan fingerprint density at radius 2 is 1.81 bits per heavy atom. The molecule has 0 spiro atoms. The van der Waals surface area contributed by atoms with E-state index in [-0.39, 0.29) is 11.9 Å². The lowest BCUT2D eigenvalue weighted by Crippen LogP contribution is -2.24. The van der Waals surface area contributed by atoms with Crippen LogP contribution in [-0.4, -0.2) is 6.54 Å². The fraction of sp³-hybridized carbons (Fsp3) is 0.250. The molecule has 0 radical (unpaired) electrons. The molecule has 0 fully saturated rings. The summed E-state index contributed by atoms with van der Waals surface area (Å²) < 4.78 is 13.6. The molecule has 21 heavy (non-hydrogen) atoms. The van der Waals surface area contributed by atoms with Crippen molar-refractivity contribution in [3.63, 3.8) is 0 Å². The topological polar surface area (TPSA) is 12.0 Å². The average Bonchev–Trinajstić information content (AvgIpc) is 2.47. The maximum absolute atomic E-state index is 13.6. The molecule has 2 rings (SSSR count). The lowest BCUT2D eigenvalue weighted by Gasteiger charge is -2.22. The van der Waals surface area contributed by atoms with Gasteiger partial charge in [-0.3, -0.25) is 0 Å². The SMILES string of the molecule is CCCNC(c1cc(F)ccc1Cl)c1cccc(Cl)c1Cl. The van der Waals surface area contributed by atoms with Crippen molar-refractivity contribution >= 4 is 34.8 Å². The summed E-state index contributed by atoms with van der Waals surface area (Å²) in [5.74, 6) is -0.337. The zero-order valence-corrected chi connectivity index (χ0v) is 13.7. The largest absolute Gasteiger partial charge is 0.306 e. The molecule has 0 amide bonds. The number of hydrogen-bond acceptors (Lipinski definition) is 1. The van der Waals surface area contributed by atoms with Crippen molar-refractivity contribution in [1.29, 1.82) is 0 Å². The summed E-state index contributed by atoms with van der Waals surface area (Å²) in [5.41, 5.74) is 1.43. The number of nitrogens with one attached hydrogen (secondary N) is 1. The van der Waals surface area contributed by atoms with Gasteiger partial charge in [0.1, 0.15) is 5.82 Å².